The SMILES string of the molecule is Cc1ccc(C(Cc2csc(C)n2)NN)c(Cl)c1. The van der Waals surface area contributed by atoms with Crippen molar-refractivity contribution in [3.8, 4) is 0 Å². The fourth-order valence-electron chi connectivity index (χ4n) is 1.88. The van der Waals surface area contributed by atoms with E-state index in [2.05, 4.69) is 15.8 Å². The van der Waals surface area contributed by atoms with Gasteiger partial charge in [0.25, 0.3) is 0 Å². The Bertz CT molecular complexity index is 539. The number of hydrazine groups is 1. The van der Waals surface area contributed by atoms with Gasteiger partial charge in [-0.1, -0.05) is 23.7 Å². The smallest absolute Gasteiger partial charge is 0.0897 e. The minimum absolute atomic E-state index is 0.0143. The molecule has 5 heteroatoms. The second kappa shape index (κ2) is 5.80. The maximum absolute atomic E-state index is 6.26. The molecule has 0 aliphatic carbocycles. The molecule has 3 N–H and O–H groups in total. The van der Waals surface area contributed by atoms with Gasteiger partial charge >= 0.3 is 0 Å². The highest BCUT2D eigenvalue weighted by molar-refractivity contribution is 7.09. The van der Waals surface area contributed by atoms with Gasteiger partial charge in [-0.15, -0.1) is 11.3 Å². The number of aromatic nitrogens is 1. The lowest BCUT2D eigenvalue weighted by Gasteiger charge is -2.17. The largest absolute Gasteiger partial charge is 0.271 e. The van der Waals surface area contributed by atoms with E-state index in [-0.39, 0.29) is 6.04 Å². The van der Waals surface area contributed by atoms with Crippen LogP contribution >= 0.6 is 22.9 Å². The number of nitrogens with zero attached hydrogens (tertiary/aromatic N) is 1. The van der Waals surface area contributed by atoms with Gasteiger partial charge in [0.2, 0.25) is 0 Å². The summed E-state index contributed by atoms with van der Waals surface area (Å²) < 4.78 is 0. The third-order valence-electron chi connectivity index (χ3n) is 2.81. The molecule has 2 rings (SSSR count). The van der Waals surface area contributed by atoms with E-state index in [0.717, 1.165) is 33.3 Å². The summed E-state index contributed by atoms with van der Waals surface area (Å²) in [7, 11) is 0. The predicted molar refractivity (Wildman–Crippen MR) is 76.8 cm³/mol. The van der Waals surface area contributed by atoms with Crippen molar-refractivity contribution in [2.75, 3.05) is 0 Å². The Labute approximate surface area is 116 Å². The van der Waals surface area contributed by atoms with Crippen LogP contribution in [0.4, 0.5) is 0 Å². The highest BCUT2D eigenvalue weighted by Crippen LogP contribution is 2.26. The van der Waals surface area contributed by atoms with Gasteiger partial charge in [-0.05, 0) is 31.0 Å². The van der Waals surface area contributed by atoms with Crippen LogP contribution in [0.5, 0.6) is 0 Å². The molecule has 2 aromatic rings. The first-order valence-electron chi connectivity index (χ1n) is 5.73. The summed E-state index contributed by atoms with van der Waals surface area (Å²) in [6, 6.07) is 5.99. The van der Waals surface area contributed by atoms with Crippen LogP contribution in [0.1, 0.15) is 27.9 Å². The molecule has 0 bridgehead atoms. The number of hydrogen-bond acceptors (Lipinski definition) is 4. The monoisotopic (exact) mass is 281 g/mol. The van der Waals surface area contributed by atoms with Gasteiger partial charge in [0.1, 0.15) is 0 Å². The predicted octanol–water partition coefficient (Wildman–Crippen LogP) is 3.16. The second-order valence-corrected chi connectivity index (χ2v) is 5.78. The van der Waals surface area contributed by atoms with Crippen LogP contribution in [0, 0.1) is 13.8 Å². The fraction of sp³-hybridized carbons (Fsp3) is 0.308. The Balaban J connectivity index is 2.22. The first-order valence-corrected chi connectivity index (χ1v) is 6.99. The second-order valence-electron chi connectivity index (χ2n) is 4.31. The van der Waals surface area contributed by atoms with Crippen LogP contribution in [-0.2, 0) is 6.42 Å². The van der Waals surface area contributed by atoms with E-state index in [4.69, 9.17) is 17.4 Å². The molecule has 1 heterocycles. The molecule has 18 heavy (non-hydrogen) atoms. The molecule has 0 spiro atoms. The van der Waals surface area contributed by atoms with E-state index >= 15 is 0 Å². The lowest BCUT2D eigenvalue weighted by atomic mass is 10.0. The van der Waals surface area contributed by atoms with Crippen LogP contribution < -0.4 is 11.3 Å². The summed E-state index contributed by atoms with van der Waals surface area (Å²) in [5.74, 6) is 5.63. The Morgan fingerprint density at radius 2 is 2.22 bits per heavy atom. The van der Waals surface area contributed by atoms with E-state index in [1.807, 2.05) is 32.0 Å². The van der Waals surface area contributed by atoms with Gasteiger partial charge in [0.15, 0.2) is 0 Å². The number of benzene rings is 1. The maximum atomic E-state index is 6.26. The van der Waals surface area contributed by atoms with Gasteiger partial charge in [0.05, 0.1) is 16.7 Å². The standard InChI is InChI=1S/C13H16ClN3S/c1-8-3-4-11(12(14)5-8)13(17-15)6-10-7-18-9(2)16-10/h3-5,7,13,17H,6,15H2,1-2H3. The lowest BCUT2D eigenvalue weighted by molar-refractivity contribution is 0.547. The van der Waals surface area contributed by atoms with Crippen LogP contribution in [0.2, 0.25) is 5.02 Å². The third-order valence-corrected chi connectivity index (χ3v) is 3.96. The normalized spacial score (nSPS) is 12.7. The molecule has 0 saturated heterocycles. The fourth-order valence-corrected chi connectivity index (χ4v) is 2.88. The molecule has 0 saturated carbocycles. The molecular weight excluding hydrogens is 266 g/mol. The summed E-state index contributed by atoms with van der Waals surface area (Å²) in [4.78, 5) is 4.45. The number of aryl methyl sites for hydroxylation is 2. The zero-order chi connectivity index (χ0) is 13.1. The van der Waals surface area contributed by atoms with Crippen LogP contribution in [-0.4, -0.2) is 4.98 Å². The third kappa shape index (κ3) is 3.09. The molecule has 3 nitrogen and oxygen atoms in total. The van der Waals surface area contributed by atoms with Gasteiger partial charge in [-0.3, -0.25) is 11.3 Å². The highest BCUT2D eigenvalue weighted by atomic mass is 35.5. The first kappa shape index (κ1) is 13.5. The maximum Gasteiger partial charge on any atom is 0.0897 e. The average Bonchev–Trinajstić information content (AvgIpc) is 2.72. The van der Waals surface area contributed by atoms with Gasteiger partial charge < -0.3 is 0 Å². The Kier molecular flexibility index (Phi) is 4.35. The minimum Gasteiger partial charge on any atom is -0.271 e. The van der Waals surface area contributed by atoms with Crippen molar-refractivity contribution in [1.82, 2.24) is 10.4 Å². The summed E-state index contributed by atoms with van der Waals surface area (Å²) in [6.45, 7) is 4.02. The Morgan fingerprint density at radius 3 is 2.78 bits per heavy atom. The minimum atomic E-state index is -0.0143. The Morgan fingerprint density at radius 1 is 1.44 bits per heavy atom. The number of nitrogens with one attached hydrogen (secondary N) is 1. The zero-order valence-electron chi connectivity index (χ0n) is 10.4. The van der Waals surface area contributed by atoms with Gasteiger partial charge in [-0.25, -0.2) is 4.98 Å². The molecule has 1 aromatic heterocycles. The average molecular weight is 282 g/mol. The summed E-state index contributed by atoms with van der Waals surface area (Å²) in [5.41, 5.74) is 6.01. The molecular formula is C13H16ClN3S. The van der Waals surface area contributed by atoms with Crippen molar-refractivity contribution >= 4 is 22.9 Å². The quantitative estimate of drug-likeness (QED) is 0.669. The molecule has 1 unspecified atom stereocenters. The van der Waals surface area contributed by atoms with Crippen molar-refractivity contribution in [2.24, 2.45) is 5.84 Å². The van der Waals surface area contributed by atoms with Crippen molar-refractivity contribution in [3.05, 3.63) is 50.4 Å². The molecule has 0 aliphatic heterocycles. The number of hydrogen-bond donors (Lipinski definition) is 2. The molecule has 0 amide bonds. The van der Waals surface area contributed by atoms with E-state index in [9.17, 15) is 0 Å². The molecule has 1 aromatic carbocycles. The van der Waals surface area contributed by atoms with E-state index in [1.54, 1.807) is 11.3 Å². The number of halogens is 1. The highest BCUT2D eigenvalue weighted by Gasteiger charge is 2.15. The van der Waals surface area contributed by atoms with Gasteiger partial charge in [0, 0.05) is 16.8 Å². The van der Waals surface area contributed by atoms with Crippen molar-refractivity contribution < 1.29 is 0 Å². The number of nitrogens with two attached hydrogens (primary N) is 1. The van der Waals surface area contributed by atoms with Crippen LogP contribution in [0.3, 0.4) is 0 Å². The van der Waals surface area contributed by atoms with E-state index in [1.165, 1.54) is 0 Å². The van der Waals surface area contributed by atoms with Crippen molar-refractivity contribution in [2.45, 2.75) is 26.3 Å². The topological polar surface area (TPSA) is 50.9 Å². The van der Waals surface area contributed by atoms with Gasteiger partial charge in [-0.2, -0.15) is 0 Å². The summed E-state index contributed by atoms with van der Waals surface area (Å²) in [6.07, 6.45) is 0.740. The Hall–Kier alpha value is -0.940. The van der Waals surface area contributed by atoms with E-state index < -0.39 is 0 Å². The summed E-state index contributed by atoms with van der Waals surface area (Å²) >= 11 is 7.91. The number of rotatable bonds is 4. The van der Waals surface area contributed by atoms with Crippen LogP contribution in [0.25, 0.3) is 0 Å². The van der Waals surface area contributed by atoms with Crippen LogP contribution in [0.15, 0.2) is 23.6 Å². The molecule has 0 radical (unpaired) electrons. The molecule has 96 valence electrons. The first-order chi connectivity index (χ1) is 8.60. The molecule has 0 aliphatic rings. The van der Waals surface area contributed by atoms with Crippen molar-refractivity contribution in [3.63, 3.8) is 0 Å². The van der Waals surface area contributed by atoms with Crippen molar-refractivity contribution in [1.29, 1.82) is 0 Å². The van der Waals surface area contributed by atoms with E-state index in [0.29, 0.717) is 0 Å². The zero-order valence-corrected chi connectivity index (χ0v) is 12.0. The molecule has 1 atom stereocenters. The lowest BCUT2D eigenvalue weighted by Crippen LogP contribution is -2.29. The molecule has 0 fully saturated rings. The summed E-state index contributed by atoms with van der Waals surface area (Å²) in [5, 5.41) is 3.86. The number of thiazole rings is 1.